The quantitative estimate of drug-likeness (QED) is 0.902. The highest BCUT2D eigenvalue weighted by Gasteiger charge is 2.26. The first kappa shape index (κ1) is 17.5. The van der Waals surface area contributed by atoms with E-state index in [1.807, 2.05) is 0 Å². The zero-order valence-corrected chi connectivity index (χ0v) is 14.6. The van der Waals surface area contributed by atoms with Crippen LogP contribution in [0.5, 0.6) is 5.75 Å². The maximum absolute atomic E-state index is 11.5. The maximum Gasteiger partial charge on any atom is 0.226 e. The van der Waals surface area contributed by atoms with Crippen molar-refractivity contribution in [3.63, 3.8) is 0 Å². The van der Waals surface area contributed by atoms with Crippen LogP contribution in [0.25, 0.3) is 0 Å². The molecule has 0 saturated carbocycles. The molecular formula is C18H28N2O4. The fourth-order valence-corrected chi connectivity index (χ4v) is 3.87. The van der Waals surface area contributed by atoms with Crippen molar-refractivity contribution < 1.29 is 14.3 Å². The Morgan fingerprint density at radius 3 is 2.46 bits per heavy atom. The summed E-state index contributed by atoms with van der Waals surface area (Å²) in [6.07, 6.45) is 4.12. The Hall–Kier alpha value is -1.37. The van der Waals surface area contributed by atoms with Gasteiger partial charge in [0.2, 0.25) is 5.43 Å². The van der Waals surface area contributed by atoms with Gasteiger partial charge in [0.1, 0.15) is 12.0 Å². The molecule has 134 valence electrons. The zero-order valence-electron chi connectivity index (χ0n) is 14.6. The van der Waals surface area contributed by atoms with Gasteiger partial charge < -0.3 is 14.3 Å². The highest BCUT2D eigenvalue weighted by Crippen LogP contribution is 2.22. The van der Waals surface area contributed by atoms with Gasteiger partial charge in [0.05, 0.1) is 18.8 Å². The van der Waals surface area contributed by atoms with E-state index in [1.165, 1.54) is 18.9 Å². The lowest BCUT2D eigenvalue weighted by Gasteiger charge is -2.39. The van der Waals surface area contributed by atoms with Gasteiger partial charge in [0, 0.05) is 25.7 Å². The zero-order chi connectivity index (χ0) is 17.1. The Bertz CT molecular complexity index is 585. The minimum atomic E-state index is -0.373. The molecule has 2 aliphatic heterocycles. The average molecular weight is 336 g/mol. The summed E-state index contributed by atoms with van der Waals surface area (Å²) in [6.45, 7) is 10.2. The Morgan fingerprint density at radius 2 is 1.83 bits per heavy atom. The van der Waals surface area contributed by atoms with E-state index in [-0.39, 0.29) is 11.2 Å². The topological polar surface area (TPSA) is 66.2 Å². The molecule has 24 heavy (non-hydrogen) atoms. The summed E-state index contributed by atoms with van der Waals surface area (Å²) in [6, 6.07) is 1.39. The third-order valence-electron chi connectivity index (χ3n) is 4.96. The van der Waals surface area contributed by atoms with Crippen LogP contribution in [-0.2, 0) is 11.3 Å². The summed E-state index contributed by atoms with van der Waals surface area (Å²) in [7, 11) is 0. The molecule has 1 aromatic rings. The number of piperidine rings is 1. The lowest BCUT2D eigenvalue weighted by atomic mass is 9.95. The first-order valence-electron chi connectivity index (χ1n) is 8.90. The average Bonchev–Trinajstić information content (AvgIpc) is 2.52. The summed E-state index contributed by atoms with van der Waals surface area (Å²) in [5.74, 6) is 1.02. The highest BCUT2D eigenvalue weighted by atomic mass is 16.5. The number of rotatable bonds is 4. The molecule has 0 aromatic carbocycles. The van der Waals surface area contributed by atoms with Crippen LogP contribution in [0.15, 0.2) is 21.5 Å². The van der Waals surface area contributed by atoms with Gasteiger partial charge in [-0.1, -0.05) is 0 Å². The third kappa shape index (κ3) is 4.59. The van der Waals surface area contributed by atoms with E-state index in [2.05, 4.69) is 23.6 Å². The second kappa shape index (κ2) is 7.68. The number of ether oxygens (including phenoxy) is 1. The Morgan fingerprint density at radius 1 is 1.17 bits per heavy atom. The molecule has 2 unspecified atom stereocenters. The van der Waals surface area contributed by atoms with E-state index < -0.39 is 0 Å². The van der Waals surface area contributed by atoms with E-state index in [0.717, 1.165) is 44.9 Å². The number of likely N-dealkylation sites (tertiary alicyclic amines) is 1. The first-order valence-corrected chi connectivity index (χ1v) is 8.90. The molecule has 2 aliphatic rings. The van der Waals surface area contributed by atoms with Crippen molar-refractivity contribution in [3.8, 4) is 5.75 Å². The molecule has 3 heterocycles. The van der Waals surface area contributed by atoms with Gasteiger partial charge in [-0.2, -0.15) is 0 Å². The van der Waals surface area contributed by atoms with Gasteiger partial charge in [0.25, 0.3) is 0 Å². The van der Waals surface area contributed by atoms with Crippen molar-refractivity contribution in [1.82, 2.24) is 9.80 Å². The number of morpholine rings is 1. The first-order chi connectivity index (χ1) is 11.5. The molecule has 0 amide bonds. The lowest BCUT2D eigenvalue weighted by Crippen LogP contribution is -2.48. The van der Waals surface area contributed by atoms with E-state index in [9.17, 15) is 9.90 Å². The largest absolute Gasteiger partial charge is 0.502 e. The highest BCUT2D eigenvalue weighted by molar-refractivity contribution is 5.15. The molecule has 1 N–H and O–H groups in total. The Balaban J connectivity index is 1.45. The number of nitrogens with zero attached hydrogens (tertiary/aromatic N) is 2. The van der Waals surface area contributed by atoms with Crippen LogP contribution in [0.1, 0.15) is 32.4 Å². The van der Waals surface area contributed by atoms with E-state index in [1.54, 1.807) is 0 Å². The molecule has 3 rings (SSSR count). The maximum atomic E-state index is 11.5. The fraction of sp³-hybridized carbons (Fsp3) is 0.722. The minimum absolute atomic E-state index is 0.325. The molecule has 6 heteroatoms. The fourth-order valence-electron chi connectivity index (χ4n) is 3.87. The lowest BCUT2D eigenvalue weighted by molar-refractivity contribution is -0.0732. The second-order valence-corrected chi connectivity index (χ2v) is 7.29. The molecule has 2 fully saturated rings. The summed E-state index contributed by atoms with van der Waals surface area (Å²) in [5.41, 5.74) is -0.373. The van der Waals surface area contributed by atoms with Crippen LogP contribution >= 0.6 is 0 Å². The smallest absolute Gasteiger partial charge is 0.226 e. The molecule has 0 bridgehead atoms. The van der Waals surface area contributed by atoms with Crippen molar-refractivity contribution in [2.24, 2.45) is 5.92 Å². The predicted octanol–water partition coefficient (Wildman–Crippen LogP) is 1.67. The predicted molar refractivity (Wildman–Crippen MR) is 91.1 cm³/mol. The monoisotopic (exact) mass is 336 g/mol. The van der Waals surface area contributed by atoms with E-state index >= 15 is 0 Å². The van der Waals surface area contributed by atoms with Crippen LogP contribution in [0.2, 0.25) is 0 Å². The summed E-state index contributed by atoms with van der Waals surface area (Å²) >= 11 is 0. The molecule has 0 spiro atoms. The summed E-state index contributed by atoms with van der Waals surface area (Å²) in [4.78, 5) is 16.3. The van der Waals surface area contributed by atoms with Crippen molar-refractivity contribution in [3.05, 3.63) is 28.3 Å². The summed E-state index contributed by atoms with van der Waals surface area (Å²) < 4.78 is 11.1. The normalized spacial score (nSPS) is 27.4. The van der Waals surface area contributed by atoms with Gasteiger partial charge in [0.15, 0.2) is 5.75 Å². The third-order valence-corrected chi connectivity index (χ3v) is 4.96. The van der Waals surface area contributed by atoms with E-state index in [0.29, 0.717) is 24.5 Å². The molecule has 2 saturated heterocycles. The van der Waals surface area contributed by atoms with Gasteiger partial charge in [-0.3, -0.25) is 14.6 Å². The molecule has 0 aliphatic carbocycles. The Labute approximate surface area is 143 Å². The Kier molecular flexibility index (Phi) is 5.58. The van der Waals surface area contributed by atoms with Crippen molar-refractivity contribution in [2.75, 3.05) is 32.7 Å². The molecular weight excluding hydrogens is 308 g/mol. The van der Waals surface area contributed by atoms with Crippen LogP contribution < -0.4 is 5.43 Å². The van der Waals surface area contributed by atoms with Gasteiger partial charge in [-0.25, -0.2) is 0 Å². The standard InChI is InChI=1S/C18H28N2O4/c1-13-8-20(9-14(2)24-13)10-15-3-5-19(6-4-15)11-16-7-17(21)18(22)12-23-16/h7,12-15,22H,3-6,8-11H2,1-2H3. The molecule has 6 nitrogen and oxygen atoms in total. The number of aromatic hydroxyl groups is 1. The van der Waals surface area contributed by atoms with Crippen LogP contribution in [0, 0.1) is 5.92 Å². The van der Waals surface area contributed by atoms with Crippen LogP contribution in [-0.4, -0.2) is 59.8 Å². The van der Waals surface area contributed by atoms with Crippen LogP contribution in [0.4, 0.5) is 0 Å². The van der Waals surface area contributed by atoms with Crippen molar-refractivity contribution >= 4 is 0 Å². The minimum Gasteiger partial charge on any atom is -0.502 e. The van der Waals surface area contributed by atoms with E-state index in [4.69, 9.17) is 9.15 Å². The van der Waals surface area contributed by atoms with Gasteiger partial charge in [-0.15, -0.1) is 0 Å². The van der Waals surface area contributed by atoms with Crippen LogP contribution in [0.3, 0.4) is 0 Å². The molecule has 2 atom stereocenters. The van der Waals surface area contributed by atoms with Crippen molar-refractivity contribution in [1.29, 1.82) is 0 Å². The van der Waals surface area contributed by atoms with Gasteiger partial charge in [-0.05, 0) is 45.7 Å². The number of hydrogen-bond acceptors (Lipinski definition) is 6. The van der Waals surface area contributed by atoms with Gasteiger partial charge >= 0.3 is 0 Å². The molecule has 0 radical (unpaired) electrons. The SMILES string of the molecule is CC1CN(CC2CCN(Cc3cc(=O)c(O)co3)CC2)CC(C)O1. The number of hydrogen-bond donors (Lipinski definition) is 1. The van der Waals surface area contributed by atoms with Crippen molar-refractivity contribution in [2.45, 2.75) is 45.4 Å². The summed E-state index contributed by atoms with van der Waals surface area (Å²) in [5, 5.41) is 9.24. The molecule has 1 aromatic heterocycles. The second-order valence-electron chi connectivity index (χ2n) is 7.29.